The van der Waals surface area contributed by atoms with E-state index in [0.717, 1.165) is 0 Å². The van der Waals surface area contributed by atoms with Crippen molar-refractivity contribution in [2.24, 2.45) is 0 Å². The number of piperazine rings is 1. The van der Waals surface area contributed by atoms with Crippen molar-refractivity contribution in [2.45, 2.75) is 25.9 Å². The van der Waals surface area contributed by atoms with Crippen LogP contribution in [0, 0.1) is 0 Å². The lowest BCUT2D eigenvalue weighted by atomic mass is 10.1. The van der Waals surface area contributed by atoms with E-state index in [-0.39, 0.29) is 18.6 Å². The number of imide groups is 1. The third-order valence-electron chi connectivity index (χ3n) is 3.22. The Hall–Kier alpha value is -1.96. The van der Waals surface area contributed by atoms with Crippen molar-refractivity contribution < 1.29 is 14.4 Å². The first kappa shape index (κ1) is 15.4. The molecule has 1 saturated heterocycles. The predicted octanol–water partition coefficient (Wildman–Crippen LogP) is -0.126. The molecular formula is C13H14BrN3O4. The predicted molar refractivity (Wildman–Crippen MR) is 77.3 cm³/mol. The molecule has 0 bridgehead atoms. The molecule has 1 aliphatic rings. The fraction of sp³-hybridized carbons (Fsp3) is 0.385. The van der Waals surface area contributed by atoms with E-state index in [0.29, 0.717) is 10.9 Å². The molecule has 0 aromatic carbocycles. The van der Waals surface area contributed by atoms with Crippen molar-refractivity contribution in [1.29, 1.82) is 0 Å². The van der Waals surface area contributed by atoms with Gasteiger partial charge in [-0.3, -0.25) is 24.5 Å². The monoisotopic (exact) mass is 355 g/mol. The Morgan fingerprint density at radius 2 is 2.10 bits per heavy atom. The van der Waals surface area contributed by atoms with Crippen molar-refractivity contribution in [3.63, 3.8) is 0 Å². The highest BCUT2D eigenvalue weighted by atomic mass is 79.9. The van der Waals surface area contributed by atoms with Crippen LogP contribution in [0.25, 0.3) is 0 Å². The van der Waals surface area contributed by atoms with Crippen LogP contribution in [0.3, 0.4) is 0 Å². The van der Waals surface area contributed by atoms with Crippen LogP contribution >= 0.6 is 15.9 Å². The van der Waals surface area contributed by atoms with Crippen LogP contribution in [-0.4, -0.2) is 39.8 Å². The van der Waals surface area contributed by atoms with Crippen LogP contribution in [0.4, 0.5) is 0 Å². The maximum absolute atomic E-state index is 12.3. The van der Waals surface area contributed by atoms with Crippen molar-refractivity contribution in [2.75, 3.05) is 6.54 Å². The number of pyridine rings is 1. The molecule has 112 valence electrons. The van der Waals surface area contributed by atoms with E-state index in [9.17, 15) is 19.2 Å². The molecule has 0 saturated carbocycles. The van der Waals surface area contributed by atoms with Crippen molar-refractivity contribution >= 4 is 33.7 Å². The van der Waals surface area contributed by atoms with E-state index in [1.807, 2.05) is 0 Å². The molecule has 7 nitrogen and oxygen atoms in total. The smallest absolute Gasteiger partial charge is 0.251 e. The Bertz CT molecular complexity index is 655. The lowest BCUT2D eigenvalue weighted by Crippen LogP contribution is -2.60. The third kappa shape index (κ3) is 3.38. The van der Waals surface area contributed by atoms with Gasteiger partial charge in [0.1, 0.15) is 19.1 Å². The van der Waals surface area contributed by atoms with Gasteiger partial charge >= 0.3 is 0 Å². The van der Waals surface area contributed by atoms with Gasteiger partial charge in [0.05, 0.1) is 0 Å². The van der Waals surface area contributed by atoms with Gasteiger partial charge in [-0.05, 0) is 28.4 Å². The second-order valence-electron chi connectivity index (χ2n) is 4.67. The van der Waals surface area contributed by atoms with E-state index in [4.69, 9.17) is 0 Å². The zero-order valence-electron chi connectivity index (χ0n) is 11.3. The Balaban J connectivity index is 2.22. The molecule has 1 aromatic heterocycles. The number of carbonyl (C=O) groups is 3. The summed E-state index contributed by atoms with van der Waals surface area (Å²) in [5.41, 5.74) is -0.326. The molecule has 8 heteroatoms. The molecule has 1 fully saturated rings. The maximum Gasteiger partial charge on any atom is 0.251 e. The van der Waals surface area contributed by atoms with Crippen LogP contribution in [0.1, 0.15) is 13.3 Å². The van der Waals surface area contributed by atoms with Crippen LogP contribution < -0.4 is 10.9 Å². The van der Waals surface area contributed by atoms with E-state index >= 15 is 0 Å². The highest BCUT2D eigenvalue weighted by Crippen LogP contribution is 2.11. The van der Waals surface area contributed by atoms with Gasteiger partial charge in [0.2, 0.25) is 17.7 Å². The normalized spacial score (nSPS) is 18.6. The number of aromatic nitrogens is 1. The minimum absolute atomic E-state index is 0.175. The molecule has 21 heavy (non-hydrogen) atoms. The first-order chi connectivity index (χ1) is 9.92. The Labute approximate surface area is 129 Å². The number of nitrogens with zero attached hydrogens (tertiary/aromatic N) is 2. The highest BCUT2D eigenvalue weighted by Gasteiger charge is 2.35. The minimum atomic E-state index is -0.682. The second kappa shape index (κ2) is 6.21. The van der Waals surface area contributed by atoms with E-state index < -0.39 is 23.8 Å². The highest BCUT2D eigenvalue weighted by molar-refractivity contribution is 9.10. The summed E-state index contributed by atoms with van der Waals surface area (Å²) < 4.78 is 1.89. The number of nitrogens with one attached hydrogen (secondary N) is 1. The lowest BCUT2D eigenvalue weighted by Gasteiger charge is -2.33. The van der Waals surface area contributed by atoms with Crippen LogP contribution in [0.15, 0.2) is 27.6 Å². The van der Waals surface area contributed by atoms with Gasteiger partial charge in [-0.2, -0.15) is 0 Å². The summed E-state index contributed by atoms with van der Waals surface area (Å²) in [5.74, 6) is -1.44. The molecule has 2 rings (SSSR count). The fourth-order valence-electron chi connectivity index (χ4n) is 2.20. The second-order valence-corrected chi connectivity index (χ2v) is 5.59. The molecule has 0 aliphatic carbocycles. The quantitative estimate of drug-likeness (QED) is 0.765. The molecule has 1 N–H and O–H groups in total. The van der Waals surface area contributed by atoms with Crippen LogP contribution in [0.5, 0.6) is 0 Å². The van der Waals surface area contributed by atoms with Crippen molar-refractivity contribution in [3.8, 4) is 0 Å². The van der Waals surface area contributed by atoms with Crippen molar-refractivity contribution in [3.05, 3.63) is 33.2 Å². The van der Waals surface area contributed by atoms with Gasteiger partial charge in [0, 0.05) is 16.7 Å². The first-order valence-corrected chi connectivity index (χ1v) is 7.21. The first-order valence-electron chi connectivity index (χ1n) is 6.41. The van der Waals surface area contributed by atoms with Gasteiger partial charge in [0.25, 0.3) is 5.56 Å². The molecule has 1 aliphatic heterocycles. The molecule has 1 unspecified atom stereocenters. The standard InChI is InChI=1S/C13H14BrN3O4/c1-2-9-13(21)15-10(18)6-17(9)12(20)7-16-5-8(14)3-4-11(16)19/h3-5,9H,2,6-7H2,1H3,(H,15,18,21). The van der Waals surface area contributed by atoms with Gasteiger partial charge in [-0.15, -0.1) is 0 Å². The number of rotatable bonds is 3. The molecule has 1 aromatic rings. The summed E-state index contributed by atoms with van der Waals surface area (Å²) in [6.45, 7) is 1.37. The summed E-state index contributed by atoms with van der Waals surface area (Å²) >= 11 is 3.22. The molecule has 0 spiro atoms. The summed E-state index contributed by atoms with van der Waals surface area (Å²) in [6, 6.07) is 2.23. The maximum atomic E-state index is 12.3. The number of hydrogen-bond acceptors (Lipinski definition) is 4. The summed E-state index contributed by atoms with van der Waals surface area (Å²) in [6.07, 6.45) is 1.89. The summed E-state index contributed by atoms with van der Waals surface area (Å²) in [5, 5.41) is 2.20. The molecule has 0 radical (unpaired) electrons. The SMILES string of the molecule is CCC1C(=O)NC(=O)CN1C(=O)Cn1cc(Br)ccc1=O. The Kier molecular flexibility index (Phi) is 4.56. The van der Waals surface area contributed by atoms with E-state index in [1.165, 1.54) is 21.7 Å². The van der Waals surface area contributed by atoms with Gasteiger partial charge < -0.3 is 9.47 Å². The number of carbonyl (C=O) groups excluding carboxylic acids is 3. The van der Waals surface area contributed by atoms with Crippen molar-refractivity contribution in [1.82, 2.24) is 14.8 Å². The van der Waals surface area contributed by atoms with Gasteiger partial charge in [-0.25, -0.2) is 0 Å². The van der Waals surface area contributed by atoms with Gasteiger partial charge in [0.15, 0.2) is 0 Å². The zero-order chi connectivity index (χ0) is 15.6. The topological polar surface area (TPSA) is 88.5 Å². The average molecular weight is 356 g/mol. The molecular weight excluding hydrogens is 342 g/mol. The minimum Gasteiger partial charge on any atom is -0.320 e. The third-order valence-corrected chi connectivity index (χ3v) is 3.68. The average Bonchev–Trinajstić information content (AvgIpc) is 2.42. The number of amides is 3. The fourth-order valence-corrected chi connectivity index (χ4v) is 2.58. The Morgan fingerprint density at radius 1 is 1.38 bits per heavy atom. The van der Waals surface area contributed by atoms with Crippen LogP contribution in [0.2, 0.25) is 0 Å². The number of halogens is 1. The van der Waals surface area contributed by atoms with E-state index in [1.54, 1.807) is 13.0 Å². The van der Waals surface area contributed by atoms with Crippen LogP contribution in [-0.2, 0) is 20.9 Å². The summed E-state index contributed by atoms with van der Waals surface area (Å²) in [4.78, 5) is 48.4. The summed E-state index contributed by atoms with van der Waals surface area (Å²) in [7, 11) is 0. The molecule has 3 amide bonds. The lowest BCUT2D eigenvalue weighted by molar-refractivity contribution is -0.150. The van der Waals surface area contributed by atoms with Gasteiger partial charge in [-0.1, -0.05) is 6.92 Å². The zero-order valence-corrected chi connectivity index (χ0v) is 12.9. The molecule has 1 atom stereocenters. The van der Waals surface area contributed by atoms with E-state index in [2.05, 4.69) is 21.2 Å². The Morgan fingerprint density at radius 3 is 2.76 bits per heavy atom. The largest absolute Gasteiger partial charge is 0.320 e. The molecule has 2 heterocycles. The number of hydrogen-bond donors (Lipinski definition) is 1.